The number of aromatic nitrogens is 2. The van der Waals surface area contributed by atoms with E-state index in [-0.39, 0.29) is 6.10 Å². The van der Waals surface area contributed by atoms with Gasteiger partial charge in [0.15, 0.2) is 0 Å². The van der Waals surface area contributed by atoms with Crippen molar-refractivity contribution in [3.63, 3.8) is 0 Å². The highest BCUT2D eigenvalue weighted by Gasteiger charge is 2.24. The lowest BCUT2D eigenvalue weighted by atomic mass is 9.97. The Hall–Kier alpha value is -1.43. The summed E-state index contributed by atoms with van der Waals surface area (Å²) in [5.74, 6) is 1.22. The number of aliphatic hydroxyl groups is 1. The molecule has 0 bridgehead atoms. The average molecular weight is 350 g/mol. The molecule has 2 atom stereocenters. The molecule has 1 aliphatic rings. The zero-order valence-electron chi connectivity index (χ0n) is 14.0. The monoisotopic (exact) mass is 349 g/mol. The Bertz CT molecular complexity index is 659. The van der Waals surface area contributed by atoms with Crippen LogP contribution in [0.4, 0.5) is 0 Å². The molecule has 0 amide bonds. The van der Waals surface area contributed by atoms with Crippen molar-refractivity contribution in [1.29, 1.82) is 0 Å². The smallest absolute Gasteiger partial charge is 0.228 e. The van der Waals surface area contributed by atoms with Crippen molar-refractivity contribution < 1.29 is 9.63 Å². The van der Waals surface area contributed by atoms with Crippen LogP contribution in [-0.2, 0) is 6.42 Å². The minimum atomic E-state index is -0.256. The molecule has 0 unspecified atom stereocenters. The van der Waals surface area contributed by atoms with Crippen molar-refractivity contribution in [1.82, 2.24) is 15.0 Å². The van der Waals surface area contributed by atoms with Gasteiger partial charge in [-0.1, -0.05) is 35.3 Å². The quantitative estimate of drug-likeness (QED) is 0.864. The number of hydrogen-bond acceptors (Lipinski definition) is 5. The van der Waals surface area contributed by atoms with Gasteiger partial charge in [-0.25, -0.2) is 0 Å². The number of hydrogen-bond donors (Lipinski definition) is 1. The standard InChI is InChI=1S/C18H24ClN3O2/c1-13(23)11-16-7-2-3-9-22(16)10-8-17-20-18(21-24-17)14-5-4-6-15(19)12-14/h4-6,12-13,16,23H,2-3,7-11H2,1H3/t13-,16+/m1/s1. The summed E-state index contributed by atoms with van der Waals surface area (Å²) in [5.41, 5.74) is 0.863. The molecule has 1 aromatic heterocycles. The summed E-state index contributed by atoms with van der Waals surface area (Å²) in [5, 5.41) is 14.4. The van der Waals surface area contributed by atoms with Crippen molar-refractivity contribution in [3.8, 4) is 11.4 Å². The first kappa shape index (κ1) is 17.4. The lowest BCUT2D eigenvalue weighted by Gasteiger charge is -2.36. The SMILES string of the molecule is C[C@@H](O)C[C@@H]1CCCCN1CCc1nc(-c2cccc(Cl)c2)no1. The molecule has 6 heteroatoms. The van der Waals surface area contributed by atoms with Crippen LogP contribution in [-0.4, -0.2) is 45.4 Å². The number of piperidine rings is 1. The first-order valence-corrected chi connectivity index (χ1v) is 9.00. The van der Waals surface area contributed by atoms with Crippen molar-refractivity contribution in [2.24, 2.45) is 0 Å². The Labute approximate surface area is 147 Å². The van der Waals surface area contributed by atoms with Gasteiger partial charge in [-0.2, -0.15) is 4.98 Å². The van der Waals surface area contributed by atoms with Gasteiger partial charge in [0.2, 0.25) is 11.7 Å². The lowest BCUT2D eigenvalue weighted by Crippen LogP contribution is -2.42. The fourth-order valence-corrected chi connectivity index (χ4v) is 3.55. The van der Waals surface area contributed by atoms with Crippen molar-refractivity contribution >= 4 is 11.6 Å². The number of rotatable bonds is 6. The topological polar surface area (TPSA) is 62.4 Å². The van der Waals surface area contributed by atoms with E-state index < -0.39 is 0 Å². The van der Waals surface area contributed by atoms with Gasteiger partial charge in [-0.15, -0.1) is 0 Å². The first-order chi connectivity index (χ1) is 11.6. The predicted molar refractivity (Wildman–Crippen MR) is 94.0 cm³/mol. The van der Waals surface area contributed by atoms with Crippen LogP contribution >= 0.6 is 11.6 Å². The van der Waals surface area contributed by atoms with Crippen LogP contribution < -0.4 is 0 Å². The lowest BCUT2D eigenvalue weighted by molar-refractivity contribution is 0.0862. The van der Waals surface area contributed by atoms with E-state index in [2.05, 4.69) is 15.0 Å². The van der Waals surface area contributed by atoms with Gasteiger partial charge in [0.25, 0.3) is 0 Å². The number of nitrogens with zero attached hydrogens (tertiary/aromatic N) is 3. The average Bonchev–Trinajstić information content (AvgIpc) is 3.02. The van der Waals surface area contributed by atoms with E-state index in [1.54, 1.807) is 0 Å². The van der Waals surface area contributed by atoms with E-state index in [1.807, 2.05) is 31.2 Å². The van der Waals surface area contributed by atoms with Gasteiger partial charge in [-0.05, 0) is 44.9 Å². The molecule has 3 rings (SSSR count). The Morgan fingerprint density at radius 1 is 1.42 bits per heavy atom. The van der Waals surface area contributed by atoms with Crippen LogP contribution in [0.5, 0.6) is 0 Å². The van der Waals surface area contributed by atoms with Gasteiger partial charge in [0.05, 0.1) is 6.10 Å². The van der Waals surface area contributed by atoms with Crippen LogP contribution in [0.1, 0.15) is 38.5 Å². The van der Waals surface area contributed by atoms with Crippen molar-refractivity contribution in [2.45, 2.75) is 51.2 Å². The molecule has 1 saturated heterocycles. The largest absolute Gasteiger partial charge is 0.393 e. The minimum Gasteiger partial charge on any atom is -0.393 e. The van der Waals surface area contributed by atoms with E-state index in [0.717, 1.165) is 37.9 Å². The molecule has 0 saturated carbocycles. The molecule has 2 aromatic rings. The highest BCUT2D eigenvalue weighted by atomic mass is 35.5. The summed E-state index contributed by atoms with van der Waals surface area (Å²) >= 11 is 6.01. The third-order valence-corrected chi connectivity index (χ3v) is 4.76. The molecule has 1 fully saturated rings. The Kier molecular flexibility index (Phi) is 5.87. The van der Waals surface area contributed by atoms with Gasteiger partial charge >= 0.3 is 0 Å². The van der Waals surface area contributed by atoms with E-state index in [0.29, 0.717) is 22.8 Å². The fraction of sp³-hybridized carbons (Fsp3) is 0.556. The Balaban J connectivity index is 1.60. The number of likely N-dealkylation sites (tertiary alicyclic amines) is 1. The zero-order valence-corrected chi connectivity index (χ0v) is 14.7. The minimum absolute atomic E-state index is 0.256. The summed E-state index contributed by atoms with van der Waals surface area (Å²) < 4.78 is 5.39. The summed E-state index contributed by atoms with van der Waals surface area (Å²) in [6, 6.07) is 7.91. The van der Waals surface area contributed by atoms with Crippen LogP contribution in [0.3, 0.4) is 0 Å². The summed E-state index contributed by atoms with van der Waals surface area (Å²) in [7, 11) is 0. The van der Waals surface area contributed by atoms with Crippen LogP contribution in [0, 0.1) is 0 Å². The van der Waals surface area contributed by atoms with Crippen LogP contribution in [0.25, 0.3) is 11.4 Å². The predicted octanol–water partition coefficient (Wildman–Crippen LogP) is 3.56. The fourth-order valence-electron chi connectivity index (χ4n) is 3.36. The Morgan fingerprint density at radius 3 is 3.08 bits per heavy atom. The molecule has 1 N–H and O–H groups in total. The van der Waals surface area contributed by atoms with Crippen LogP contribution in [0.2, 0.25) is 5.02 Å². The number of benzene rings is 1. The second-order valence-corrected chi connectivity index (χ2v) is 6.98. The second kappa shape index (κ2) is 8.10. The first-order valence-electron chi connectivity index (χ1n) is 8.62. The van der Waals surface area contributed by atoms with Crippen molar-refractivity contribution in [2.75, 3.05) is 13.1 Å². The van der Waals surface area contributed by atoms with Gasteiger partial charge in [0.1, 0.15) is 0 Å². The molecule has 5 nitrogen and oxygen atoms in total. The molecule has 0 radical (unpaired) electrons. The van der Waals surface area contributed by atoms with Crippen molar-refractivity contribution in [3.05, 3.63) is 35.2 Å². The van der Waals surface area contributed by atoms with Gasteiger partial charge in [-0.3, -0.25) is 4.90 Å². The summed E-state index contributed by atoms with van der Waals surface area (Å²) in [6.07, 6.45) is 4.92. The molecular weight excluding hydrogens is 326 g/mol. The second-order valence-electron chi connectivity index (χ2n) is 6.54. The zero-order chi connectivity index (χ0) is 16.9. The molecule has 0 spiro atoms. The summed E-state index contributed by atoms with van der Waals surface area (Å²) in [6.45, 7) is 3.82. The number of aliphatic hydroxyl groups excluding tert-OH is 1. The maximum absolute atomic E-state index is 9.68. The highest BCUT2D eigenvalue weighted by molar-refractivity contribution is 6.30. The van der Waals surface area contributed by atoms with Gasteiger partial charge in [0, 0.05) is 29.6 Å². The highest BCUT2D eigenvalue weighted by Crippen LogP contribution is 2.22. The maximum Gasteiger partial charge on any atom is 0.228 e. The molecule has 1 aliphatic heterocycles. The van der Waals surface area contributed by atoms with E-state index in [9.17, 15) is 5.11 Å². The third kappa shape index (κ3) is 4.56. The molecule has 2 heterocycles. The normalized spacial score (nSPS) is 20.2. The molecule has 130 valence electrons. The van der Waals surface area contributed by atoms with E-state index in [1.165, 1.54) is 12.8 Å². The third-order valence-electron chi connectivity index (χ3n) is 4.53. The van der Waals surface area contributed by atoms with Crippen LogP contribution in [0.15, 0.2) is 28.8 Å². The Morgan fingerprint density at radius 2 is 2.29 bits per heavy atom. The molecule has 24 heavy (non-hydrogen) atoms. The molecule has 0 aliphatic carbocycles. The number of halogens is 1. The molecule has 1 aromatic carbocycles. The van der Waals surface area contributed by atoms with Gasteiger partial charge < -0.3 is 9.63 Å². The van der Waals surface area contributed by atoms with E-state index in [4.69, 9.17) is 16.1 Å². The summed E-state index contributed by atoms with van der Waals surface area (Å²) in [4.78, 5) is 6.92. The van der Waals surface area contributed by atoms with E-state index >= 15 is 0 Å². The maximum atomic E-state index is 9.68. The molecular formula is C18H24ClN3O2.